The lowest BCUT2D eigenvalue weighted by Gasteiger charge is -2.13. The number of thiophene rings is 1. The van der Waals surface area contributed by atoms with E-state index >= 15 is 0 Å². The van der Waals surface area contributed by atoms with Crippen molar-refractivity contribution in [3.63, 3.8) is 0 Å². The third kappa shape index (κ3) is 3.19. The van der Waals surface area contributed by atoms with Crippen molar-refractivity contribution in [1.82, 2.24) is 5.32 Å². The Morgan fingerprint density at radius 3 is 2.69 bits per heavy atom. The molecule has 84 valence electrons. The van der Waals surface area contributed by atoms with Gasteiger partial charge in [0.25, 0.3) is 0 Å². The van der Waals surface area contributed by atoms with Crippen LogP contribution < -0.4 is 5.32 Å². The van der Waals surface area contributed by atoms with Crippen molar-refractivity contribution >= 4 is 11.3 Å². The summed E-state index contributed by atoms with van der Waals surface area (Å²) in [6.45, 7) is 3.25. The minimum atomic E-state index is 0.430. The first-order valence-corrected chi connectivity index (χ1v) is 6.60. The fourth-order valence-corrected chi connectivity index (χ4v) is 2.43. The lowest BCUT2D eigenvalue weighted by Crippen LogP contribution is -2.21. The van der Waals surface area contributed by atoms with Crippen LogP contribution in [0, 0.1) is 0 Å². The van der Waals surface area contributed by atoms with Crippen LogP contribution in [0.1, 0.15) is 24.1 Å². The third-order valence-electron chi connectivity index (χ3n) is 2.74. The van der Waals surface area contributed by atoms with Gasteiger partial charge in [-0.1, -0.05) is 30.3 Å². The molecule has 0 amide bonds. The van der Waals surface area contributed by atoms with Crippen molar-refractivity contribution in [1.29, 1.82) is 0 Å². The quantitative estimate of drug-likeness (QED) is 0.828. The van der Waals surface area contributed by atoms with Crippen LogP contribution in [0.5, 0.6) is 0 Å². The number of benzene rings is 1. The second kappa shape index (κ2) is 5.83. The molecule has 1 atom stereocenters. The predicted octanol–water partition coefficient (Wildman–Crippen LogP) is 3.64. The van der Waals surface area contributed by atoms with Gasteiger partial charge in [-0.25, -0.2) is 0 Å². The van der Waals surface area contributed by atoms with Crippen molar-refractivity contribution in [3.8, 4) is 0 Å². The molecule has 0 unspecified atom stereocenters. The minimum Gasteiger partial charge on any atom is -0.310 e. The molecule has 0 saturated heterocycles. The second-order valence-electron chi connectivity index (χ2n) is 3.97. The van der Waals surface area contributed by atoms with E-state index in [1.165, 1.54) is 11.1 Å². The van der Waals surface area contributed by atoms with Crippen molar-refractivity contribution in [3.05, 3.63) is 58.3 Å². The second-order valence-corrected chi connectivity index (χ2v) is 4.75. The first-order chi connectivity index (χ1) is 7.86. The van der Waals surface area contributed by atoms with E-state index in [9.17, 15) is 0 Å². The first-order valence-electron chi connectivity index (χ1n) is 5.65. The molecular weight excluding hydrogens is 214 g/mol. The highest BCUT2D eigenvalue weighted by atomic mass is 32.1. The summed E-state index contributed by atoms with van der Waals surface area (Å²) < 4.78 is 0. The zero-order valence-corrected chi connectivity index (χ0v) is 10.3. The molecule has 0 saturated carbocycles. The summed E-state index contributed by atoms with van der Waals surface area (Å²) in [5.41, 5.74) is 2.78. The van der Waals surface area contributed by atoms with Crippen LogP contribution in [0.15, 0.2) is 47.2 Å². The molecule has 1 heterocycles. The van der Waals surface area contributed by atoms with Gasteiger partial charge in [-0.3, -0.25) is 0 Å². The van der Waals surface area contributed by atoms with Crippen LogP contribution in [0.3, 0.4) is 0 Å². The maximum absolute atomic E-state index is 3.54. The molecule has 0 fully saturated rings. The summed E-state index contributed by atoms with van der Waals surface area (Å²) in [7, 11) is 0. The Morgan fingerprint density at radius 2 is 2.00 bits per heavy atom. The average Bonchev–Trinajstić information content (AvgIpc) is 2.83. The number of hydrogen-bond acceptors (Lipinski definition) is 2. The Hall–Kier alpha value is -1.12. The topological polar surface area (TPSA) is 12.0 Å². The van der Waals surface area contributed by atoms with Gasteiger partial charge in [-0.15, -0.1) is 0 Å². The minimum absolute atomic E-state index is 0.430. The van der Waals surface area contributed by atoms with E-state index in [2.05, 4.69) is 59.4 Å². The summed E-state index contributed by atoms with van der Waals surface area (Å²) in [5, 5.41) is 7.89. The van der Waals surface area contributed by atoms with Gasteiger partial charge < -0.3 is 5.32 Å². The van der Waals surface area contributed by atoms with Gasteiger partial charge in [-0.2, -0.15) is 11.3 Å². The van der Waals surface area contributed by atoms with Crippen molar-refractivity contribution < 1.29 is 0 Å². The van der Waals surface area contributed by atoms with E-state index in [1.54, 1.807) is 11.3 Å². The lowest BCUT2D eigenvalue weighted by atomic mass is 10.1. The summed E-state index contributed by atoms with van der Waals surface area (Å²) in [5.74, 6) is 0. The lowest BCUT2D eigenvalue weighted by molar-refractivity contribution is 0.577. The van der Waals surface area contributed by atoms with Crippen molar-refractivity contribution in [2.24, 2.45) is 0 Å². The molecule has 2 aromatic rings. The molecule has 1 N–H and O–H groups in total. The average molecular weight is 231 g/mol. The number of nitrogens with one attached hydrogen (secondary N) is 1. The van der Waals surface area contributed by atoms with E-state index in [4.69, 9.17) is 0 Å². The molecule has 2 heteroatoms. The molecule has 2 rings (SSSR count). The Labute approximate surface area is 101 Å². The smallest absolute Gasteiger partial charge is 0.0291 e. The van der Waals surface area contributed by atoms with Gasteiger partial charge in [0.1, 0.15) is 0 Å². The summed E-state index contributed by atoms with van der Waals surface area (Å²) in [4.78, 5) is 0. The van der Waals surface area contributed by atoms with Gasteiger partial charge in [0.05, 0.1) is 0 Å². The van der Waals surface area contributed by atoms with E-state index in [0.717, 1.165) is 13.0 Å². The first kappa shape index (κ1) is 11.4. The molecule has 16 heavy (non-hydrogen) atoms. The Balaban J connectivity index is 1.78. The largest absolute Gasteiger partial charge is 0.310 e. The number of rotatable bonds is 5. The van der Waals surface area contributed by atoms with Gasteiger partial charge >= 0.3 is 0 Å². The normalized spacial score (nSPS) is 12.6. The zero-order valence-electron chi connectivity index (χ0n) is 9.52. The number of hydrogen-bond donors (Lipinski definition) is 1. The molecule has 1 aromatic carbocycles. The molecule has 1 aromatic heterocycles. The third-order valence-corrected chi connectivity index (χ3v) is 3.48. The maximum Gasteiger partial charge on any atom is 0.0291 e. The SMILES string of the molecule is C[C@H](NCCc1ccsc1)c1ccccc1. The molecular formula is C14H17NS. The molecule has 0 aliphatic rings. The van der Waals surface area contributed by atoms with Crippen LogP contribution in [-0.4, -0.2) is 6.54 Å². The van der Waals surface area contributed by atoms with Crippen LogP contribution >= 0.6 is 11.3 Å². The maximum atomic E-state index is 3.54. The fourth-order valence-electron chi connectivity index (χ4n) is 1.73. The van der Waals surface area contributed by atoms with Crippen molar-refractivity contribution in [2.45, 2.75) is 19.4 Å². The molecule has 0 bridgehead atoms. The molecule has 1 nitrogen and oxygen atoms in total. The van der Waals surface area contributed by atoms with E-state index in [-0.39, 0.29) is 0 Å². The highest BCUT2D eigenvalue weighted by Gasteiger charge is 2.02. The molecule has 0 aliphatic carbocycles. The molecule has 0 spiro atoms. The van der Waals surface area contributed by atoms with Gasteiger partial charge in [0, 0.05) is 6.04 Å². The highest BCUT2D eigenvalue weighted by Crippen LogP contribution is 2.11. The van der Waals surface area contributed by atoms with Crippen LogP contribution in [-0.2, 0) is 6.42 Å². The Bertz CT molecular complexity index is 394. The molecule has 0 aliphatic heterocycles. The fraction of sp³-hybridized carbons (Fsp3) is 0.286. The van der Waals surface area contributed by atoms with E-state index < -0.39 is 0 Å². The van der Waals surface area contributed by atoms with Crippen LogP contribution in [0.25, 0.3) is 0 Å². The monoisotopic (exact) mass is 231 g/mol. The standard InChI is InChI=1S/C14H17NS/c1-12(14-5-3-2-4-6-14)15-9-7-13-8-10-16-11-13/h2-6,8,10-12,15H,7,9H2,1H3/t12-/m0/s1. The van der Waals surface area contributed by atoms with Crippen LogP contribution in [0.2, 0.25) is 0 Å². The highest BCUT2D eigenvalue weighted by molar-refractivity contribution is 7.07. The van der Waals surface area contributed by atoms with Gasteiger partial charge in [0.15, 0.2) is 0 Å². The van der Waals surface area contributed by atoms with Gasteiger partial charge in [-0.05, 0) is 47.8 Å². The summed E-state index contributed by atoms with van der Waals surface area (Å²) in [6.07, 6.45) is 1.11. The Kier molecular flexibility index (Phi) is 4.14. The van der Waals surface area contributed by atoms with E-state index in [1.807, 2.05) is 0 Å². The summed E-state index contributed by atoms with van der Waals surface area (Å²) >= 11 is 1.77. The van der Waals surface area contributed by atoms with Crippen molar-refractivity contribution in [2.75, 3.05) is 6.54 Å². The Morgan fingerprint density at radius 1 is 1.19 bits per heavy atom. The van der Waals surface area contributed by atoms with Gasteiger partial charge in [0.2, 0.25) is 0 Å². The predicted molar refractivity (Wildman–Crippen MR) is 70.9 cm³/mol. The van der Waals surface area contributed by atoms with Crippen LogP contribution in [0.4, 0.5) is 0 Å². The zero-order chi connectivity index (χ0) is 11.2. The van der Waals surface area contributed by atoms with E-state index in [0.29, 0.717) is 6.04 Å². The summed E-state index contributed by atoms with van der Waals surface area (Å²) in [6, 6.07) is 13.2. The molecule has 0 radical (unpaired) electrons.